The van der Waals surface area contributed by atoms with E-state index in [2.05, 4.69) is 36.2 Å². The summed E-state index contributed by atoms with van der Waals surface area (Å²) in [6.45, 7) is 6.57. The summed E-state index contributed by atoms with van der Waals surface area (Å²) in [7, 11) is 0. The summed E-state index contributed by atoms with van der Waals surface area (Å²) in [4.78, 5) is 0. The van der Waals surface area contributed by atoms with Gasteiger partial charge in [0.2, 0.25) is 11.9 Å². The van der Waals surface area contributed by atoms with Crippen LogP contribution in [0.3, 0.4) is 0 Å². The Morgan fingerprint density at radius 1 is 1.16 bits per heavy atom. The third-order valence-electron chi connectivity index (χ3n) is 5.65. The molecule has 1 aromatic heterocycles. The lowest BCUT2D eigenvalue weighted by Gasteiger charge is -2.22. The summed E-state index contributed by atoms with van der Waals surface area (Å²) in [5.74, 6) is 1.54. The Morgan fingerprint density at radius 2 is 1.97 bits per heavy atom. The lowest BCUT2D eigenvalue weighted by atomic mass is 9.93. The van der Waals surface area contributed by atoms with E-state index in [1.54, 1.807) is 11.3 Å². The molecule has 0 saturated heterocycles. The van der Waals surface area contributed by atoms with E-state index in [4.69, 9.17) is 20.3 Å². The maximum Gasteiger partial charge on any atom is 0.231 e. The zero-order chi connectivity index (χ0) is 21.5. The molecule has 0 bridgehead atoms. The Morgan fingerprint density at radius 3 is 2.74 bits per heavy atom. The van der Waals surface area contributed by atoms with Gasteiger partial charge in [-0.3, -0.25) is 0 Å². The SMILES string of the molecule is CCCc1nnc(N2N=C(c3ccc(N)c(C)c3)c3cc4c(cc3C[C@H]2C)OCO4)s1. The number of ether oxygens (including phenoxy) is 2. The van der Waals surface area contributed by atoms with Crippen molar-refractivity contribution in [3.05, 3.63) is 57.6 Å². The van der Waals surface area contributed by atoms with Gasteiger partial charge in [0.05, 0.1) is 11.8 Å². The van der Waals surface area contributed by atoms with Crippen LogP contribution in [0.1, 0.15) is 47.5 Å². The molecular formula is C23H25N5O2S. The van der Waals surface area contributed by atoms with Crippen LogP contribution >= 0.6 is 11.3 Å². The van der Waals surface area contributed by atoms with Gasteiger partial charge in [0.1, 0.15) is 5.01 Å². The standard InChI is InChI=1S/C23H25N5O2S/c1-4-5-21-25-26-23(31-21)28-14(3)9-16-10-19-20(30-12-29-19)11-17(16)22(27-28)15-6-7-18(24)13(2)8-15/h6-8,10-11,14H,4-5,9,12,24H2,1-3H3/t14-/m1/s1. The monoisotopic (exact) mass is 435 g/mol. The molecule has 5 rings (SSSR count). The predicted molar refractivity (Wildman–Crippen MR) is 123 cm³/mol. The number of hydrogen-bond donors (Lipinski definition) is 1. The fourth-order valence-corrected chi connectivity index (χ4v) is 4.95. The van der Waals surface area contributed by atoms with E-state index in [0.29, 0.717) is 0 Å². The molecule has 3 aromatic rings. The second-order valence-electron chi connectivity index (χ2n) is 8.01. The number of aromatic nitrogens is 2. The smallest absolute Gasteiger partial charge is 0.231 e. The maximum atomic E-state index is 6.09. The van der Waals surface area contributed by atoms with E-state index in [1.165, 1.54) is 5.56 Å². The normalized spacial score (nSPS) is 17.3. The Kier molecular flexibility index (Phi) is 5.02. The van der Waals surface area contributed by atoms with Crippen molar-refractivity contribution in [2.75, 3.05) is 17.5 Å². The van der Waals surface area contributed by atoms with Gasteiger partial charge in [-0.15, -0.1) is 10.2 Å². The number of nitrogen functional groups attached to an aromatic ring is 1. The van der Waals surface area contributed by atoms with E-state index in [0.717, 1.165) is 69.0 Å². The molecule has 2 aromatic carbocycles. The van der Waals surface area contributed by atoms with Gasteiger partial charge in [0, 0.05) is 23.2 Å². The van der Waals surface area contributed by atoms with Gasteiger partial charge in [-0.2, -0.15) is 5.10 Å². The molecule has 160 valence electrons. The second kappa shape index (κ2) is 7.85. The van der Waals surface area contributed by atoms with Crippen LogP contribution in [0.2, 0.25) is 0 Å². The number of aryl methyl sites for hydroxylation is 2. The van der Waals surface area contributed by atoms with Crippen molar-refractivity contribution < 1.29 is 9.47 Å². The van der Waals surface area contributed by atoms with Gasteiger partial charge in [-0.25, -0.2) is 5.01 Å². The van der Waals surface area contributed by atoms with Crippen LogP contribution in [-0.2, 0) is 12.8 Å². The number of nitrogens with two attached hydrogens (primary N) is 1. The topological polar surface area (TPSA) is 85.9 Å². The molecule has 0 aliphatic carbocycles. The van der Waals surface area contributed by atoms with Gasteiger partial charge in [0.15, 0.2) is 11.5 Å². The van der Waals surface area contributed by atoms with Gasteiger partial charge in [0.25, 0.3) is 0 Å². The summed E-state index contributed by atoms with van der Waals surface area (Å²) >= 11 is 1.61. The highest BCUT2D eigenvalue weighted by atomic mass is 32.1. The van der Waals surface area contributed by atoms with Gasteiger partial charge >= 0.3 is 0 Å². The van der Waals surface area contributed by atoms with E-state index in [9.17, 15) is 0 Å². The molecule has 2 N–H and O–H groups in total. The van der Waals surface area contributed by atoms with E-state index in [1.807, 2.05) is 30.1 Å². The van der Waals surface area contributed by atoms with E-state index < -0.39 is 0 Å². The molecule has 2 aliphatic rings. The molecule has 0 radical (unpaired) electrons. The van der Waals surface area contributed by atoms with Crippen molar-refractivity contribution in [1.29, 1.82) is 0 Å². The second-order valence-corrected chi connectivity index (χ2v) is 9.05. The number of hydrogen-bond acceptors (Lipinski definition) is 8. The minimum Gasteiger partial charge on any atom is -0.454 e. The quantitative estimate of drug-likeness (QED) is 0.615. The lowest BCUT2D eigenvalue weighted by Crippen LogP contribution is -2.29. The van der Waals surface area contributed by atoms with Gasteiger partial charge < -0.3 is 15.2 Å². The summed E-state index contributed by atoms with van der Waals surface area (Å²) in [5.41, 5.74) is 12.0. The summed E-state index contributed by atoms with van der Waals surface area (Å²) < 4.78 is 11.3. The van der Waals surface area contributed by atoms with Crippen LogP contribution in [0.5, 0.6) is 11.5 Å². The third-order valence-corrected chi connectivity index (χ3v) is 6.63. The Hall–Kier alpha value is -3.13. The van der Waals surface area contributed by atoms with Gasteiger partial charge in [-0.1, -0.05) is 24.3 Å². The molecule has 31 heavy (non-hydrogen) atoms. The number of benzene rings is 2. The van der Waals surface area contributed by atoms with Crippen LogP contribution in [0.4, 0.5) is 10.8 Å². The molecule has 1 atom stereocenters. The minimum absolute atomic E-state index is 0.105. The Bertz CT molecular complexity index is 1170. The summed E-state index contributed by atoms with van der Waals surface area (Å²) in [6, 6.07) is 10.3. The molecule has 0 saturated carbocycles. The Balaban J connectivity index is 1.67. The zero-order valence-corrected chi connectivity index (χ0v) is 18.7. The molecular weight excluding hydrogens is 410 g/mol. The van der Waals surface area contributed by atoms with Crippen molar-refractivity contribution in [1.82, 2.24) is 10.2 Å². The van der Waals surface area contributed by atoms with Crippen LogP contribution in [0.15, 0.2) is 35.4 Å². The molecule has 7 nitrogen and oxygen atoms in total. The molecule has 0 unspecified atom stereocenters. The van der Waals surface area contributed by atoms with Crippen LogP contribution < -0.4 is 20.2 Å². The molecule has 3 heterocycles. The zero-order valence-electron chi connectivity index (χ0n) is 17.9. The van der Waals surface area contributed by atoms with Crippen molar-refractivity contribution >= 4 is 27.9 Å². The number of nitrogens with zero attached hydrogens (tertiary/aromatic N) is 4. The highest BCUT2D eigenvalue weighted by molar-refractivity contribution is 7.15. The molecule has 0 spiro atoms. The lowest BCUT2D eigenvalue weighted by molar-refractivity contribution is 0.174. The van der Waals surface area contributed by atoms with Crippen LogP contribution in [-0.4, -0.2) is 28.7 Å². The van der Waals surface area contributed by atoms with Crippen LogP contribution in [0, 0.1) is 6.92 Å². The largest absolute Gasteiger partial charge is 0.454 e. The first-order chi connectivity index (χ1) is 15.0. The predicted octanol–water partition coefficient (Wildman–Crippen LogP) is 4.31. The number of anilines is 2. The van der Waals surface area contributed by atoms with Gasteiger partial charge in [-0.05, 0) is 62.1 Å². The fourth-order valence-electron chi connectivity index (χ4n) is 3.96. The average molecular weight is 436 g/mol. The minimum atomic E-state index is 0.105. The third kappa shape index (κ3) is 3.61. The first-order valence-electron chi connectivity index (χ1n) is 10.5. The van der Waals surface area contributed by atoms with Crippen molar-refractivity contribution in [2.45, 2.75) is 46.1 Å². The molecule has 2 aliphatic heterocycles. The summed E-state index contributed by atoms with van der Waals surface area (Å²) in [6.07, 6.45) is 2.77. The molecule has 0 amide bonds. The Labute approximate surface area is 185 Å². The molecule has 8 heteroatoms. The van der Waals surface area contributed by atoms with E-state index >= 15 is 0 Å². The maximum absolute atomic E-state index is 6.09. The first kappa shape index (κ1) is 19.8. The number of fused-ring (bicyclic) bond motifs is 2. The number of rotatable bonds is 4. The van der Waals surface area contributed by atoms with Crippen molar-refractivity contribution in [3.8, 4) is 11.5 Å². The van der Waals surface area contributed by atoms with Crippen LogP contribution in [0.25, 0.3) is 0 Å². The van der Waals surface area contributed by atoms with E-state index in [-0.39, 0.29) is 12.8 Å². The average Bonchev–Trinajstić information content (AvgIpc) is 3.37. The summed E-state index contributed by atoms with van der Waals surface area (Å²) in [5, 5.41) is 17.8. The molecule has 0 fully saturated rings. The highest BCUT2D eigenvalue weighted by Gasteiger charge is 2.29. The fraction of sp³-hybridized carbons (Fsp3) is 0.348. The highest BCUT2D eigenvalue weighted by Crippen LogP contribution is 2.38. The number of hydrazone groups is 1. The van der Waals surface area contributed by atoms with Crippen molar-refractivity contribution in [2.24, 2.45) is 5.10 Å². The first-order valence-corrected chi connectivity index (χ1v) is 11.3. The van der Waals surface area contributed by atoms with Crippen molar-refractivity contribution in [3.63, 3.8) is 0 Å².